The lowest BCUT2D eigenvalue weighted by Gasteiger charge is -2.11. The van der Waals surface area contributed by atoms with Crippen LogP contribution in [0.4, 0.5) is 0 Å². The van der Waals surface area contributed by atoms with E-state index in [4.69, 9.17) is 0 Å². The molecule has 3 aromatic rings. The molecule has 0 amide bonds. The number of hydrogen-bond donors (Lipinski definition) is 1. The lowest BCUT2D eigenvalue weighted by molar-refractivity contribution is 0.151. The number of nitrogens with zero attached hydrogens (tertiary/aromatic N) is 3. The highest BCUT2D eigenvalue weighted by atomic mass is 16.3. The second-order valence-electron chi connectivity index (χ2n) is 4.62. The maximum Gasteiger partial charge on any atom is 0.137 e. The third-order valence-corrected chi connectivity index (χ3v) is 3.23. The van der Waals surface area contributed by atoms with Gasteiger partial charge in [-0.3, -0.25) is 4.68 Å². The van der Waals surface area contributed by atoms with Gasteiger partial charge >= 0.3 is 0 Å². The fourth-order valence-corrected chi connectivity index (χ4v) is 2.14. The molecule has 1 N–H and O–H groups in total. The summed E-state index contributed by atoms with van der Waals surface area (Å²) in [6.07, 6.45) is 2.48. The maximum absolute atomic E-state index is 10.2. The average molecular weight is 265 g/mol. The molecule has 0 radical (unpaired) electrons. The zero-order valence-electron chi connectivity index (χ0n) is 10.9. The molecule has 1 atom stereocenters. The number of benzene rings is 2. The molecular formula is C16H15N3O. The van der Waals surface area contributed by atoms with Gasteiger partial charge in [0.2, 0.25) is 0 Å². The van der Waals surface area contributed by atoms with Gasteiger partial charge in [-0.1, -0.05) is 54.6 Å². The molecule has 4 nitrogen and oxygen atoms in total. The van der Waals surface area contributed by atoms with E-state index in [0.717, 1.165) is 11.1 Å². The minimum atomic E-state index is -0.582. The van der Waals surface area contributed by atoms with Crippen LogP contribution in [0.1, 0.15) is 11.7 Å². The second-order valence-corrected chi connectivity index (χ2v) is 4.62. The average Bonchev–Trinajstić information content (AvgIpc) is 3.01. The second kappa shape index (κ2) is 5.67. The minimum absolute atomic E-state index is 0.407. The summed E-state index contributed by atoms with van der Waals surface area (Å²) in [5, 5.41) is 14.2. The first-order valence-corrected chi connectivity index (χ1v) is 6.49. The van der Waals surface area contributed by atoms with Crippen LogP contribution in [0.25, 0.3) is 11.1 Å². The van der Waals surface area contributed by atoms with Crippen LogP contribution in [0.5, 0.6) is 0 Å². The highest BCUT2D eigenvalue weighted by Crippen LogP contribution is 2.22. The molecule has 0 aliphatic heterocycles. The first kappa shape index (κ1) is 12.6. The van der Waals surface area contributed by atoms with Crippen LogP contribution < -0.4 is 0 Å². The van der Waals surface area contributed by atoms with E-state index in [1.165, 1.54) is 11.9 Å². The van der Waals surface area contributed by atoms with Gasteiger partial charge < -0.3 is 5.11 Å². The quantitative estimate of drug-likeness (QED) is 0.789. The molecule has 2 aromatic carbocycles. The molecule has 0 fully saturated rings. The molecule has 0 saturated carbocycles. The largest absolute Gasteiger partial charge is 0.386 e. The van der Waals surface area contributed by atoms with Gasteiger partial charge in [0.15, 0.2) is 0 Å². The Hall–Kier alpha value is -2.46. The maximum atomic E-state index is 10.2. The van der Waals surface area contributed by atoms with Gasteiger partial charge in [-0.05, 0) is 16.7 Å². The predicted molar refractivity (Wildman–Crippen MR) is 76.9 cm³/mol. The molecule has 0 saturated heterocycles. The Morgan fingerprint density at radius 3 is 2.30 bits per heavy atom. The number of aromatic nitrogens is 3. The monoisotopic (exact) mass is 265 g/mol. The van der Waals surface area contributed by atoms with Gasteiger partial charge in [-0.15, -0.1) is 0 Å². The highest BCUT2D eigenvalue weighted by molar-refractivity contribution is 5.63. The Morgan fingerprint density at radius 1 is 0.950 bits per heavy atom. The molecule has 0 bridgehead atoms. The van der Waals surface area contributed by atoms with Gasteiger partial charge in [0.1, 0.15) is 12.7 Å². The molecular weight excluding hydrogens is 250 g/mol. The van der Waals surface area contributed by atoms with Gasteiger partial charge in [-0.2, -0.15) is 5.10 Å². The Morgan fingerprint density at radius 2 is 1.65 bits per heavy atom. The normalized spacial score (nSPS) is 12.2. The molecule has 20 heavy (non-hydrogen) atoms. The summed E-state index contributed by atoms with van der Waals surface area (Å²) in [5.74, 6) is 0. The van der Waals surface area contributed by atoms with Gasteiger partial charge in [0, 0.05) is 0 Å². The first-order valence-electron chi connectivity index (χ1n) is 6.49. The molecule has 0 spiro atoms. The molecule has 0 aliphatic carbocycles. The first-order chi connectivity index (χ1) is 9.83. The summed E-state index contributed by atoms with van der Waals surface area (Å²) in [5.41, 5.74) is 3.19. The summed E-state index contributed by atoms with van der Waals surface area (Å²) < 4.78 is 1.62. The minimum Gasteiger partial charge on any atom is -0.386 e. The number of rotatable bonds is 4. The third kappa shape index (κ3) is 2.75. The van der Waals surface area contributed by atoms with Crippen LogP contribution in [0.2, 0.25) is 0 Å². The summed E-state index contributed by atoms with van der Waals surface area (Å²) in [7, 11) is 0. The van der Waals surface area contributed by atoms with Crippen LogP contribution >= 0.6 is 0 Å². The number of hydrogen-bond acceptors (Lipinski definition) is 3. The van der Waals surface area contributed by atoms with Crippen LogP contribution in [0.3, 0.4) is 0 Å². The van der Waals surface area contributed by atoms with E-state index in [-0.39, 0.29) is 0 Å². The van der Waals surface area contributed by atoms with E-state index in [2.05, 4.69) is 22.2 Å². The topological polar surface area (TPSA) is 50.9 Å². The van der Waals surface area contributed by atoms with Crippen LogP contribution in [0, 0.1) is 0 Å². The lowest BCUT2D eigenvalue weighted by atomic mass is 10.0. The Bertz CT molecular complexity index is 648. The SMILES string of the molecule is OC(Cn1cncn1)c1ccc(-c2ccccc2)cc1. The molecule has 3 rings (SSSR count). The Labute approximate surface area is 117 Å². The van der Waals surface area contributed by atoms with E-state index in [9.17, 15) is 5.11 Å². The van der Waals surface area contributed by atoms with Crippen molar-refractivity contribution in [3.63, 3.8) is 0 Å². The van der Waals surface area contributed by atoms with Crippen LogP contribution in [0.15, 0.2) is 67.3 Å². The molecule has 0 aliphatic rings. The van der Waals surface area contributed by atoms with Crippen molar-refractivity contribution in [3.8, 4) is 11.1 Å². The summed E-state index contributed by atoms with van der Waals surface area (Å²) in [6, 6.07) is 18.1. The Kier molecular flexibility index (Phi) is 3.56. The highest BCUT2D eigenvalue weighted by Gasteiger charge is 2.09. The van der Waals surface area contributed by atoms with E-state index >= 15 is 0 Å². The molecule has 4 heteroatoms. The van der Waals surface area contributed by atoms with Crippen molar-refractivity contribution < 1.29 is 5.11 Å². The fourth-order valence-electron chi connectivity index (χ4n) is 2.14. The zero-order chi connectivity index (χ0) is 13.8. The number of aliphatic hydroxyl groups is 1. The third-order valence-electron chi connectivity index (χ3n) is 3.23. The smallest absolute Gasteiger partial charge is 0.137 e. The van der Waals surface area contributed by atoms with Crippen molar-refractivity contribution in [2.45, 2.75) is 12.6 Å². The summed E-state index contributed by atoms with van der Waals surface area (Å²) in [4.78, 5) is 3.86. The van der Waals surface area contributed by atoms with E-state index in [0.29, 0.717) is 6.54 Å². The van der Waals surface area contributed by atoms with Crippen molar-refractivity contribution in [1.29, 1.82) is 0 Å². The van der Waals surface area contributed by atoms with Crippen molar-refractivity contribution in [3.05, 3.63) is 72.8 Å². The molecule has 1 heterocycles. The Balaban J connectivity index is 1.76. The van der Waals surface area contributed by atoms with Gasteiger partial charge in [0.25, 0.3) is 0 Å². The van der Waals surface area contributed by atoms with Gasteiger partial charge in [-0.25, -0.2) is 4.98 Å². The molecule has 1 aromatic heterocycles. The van der Waals surface area contributed by atoms with Crippen molar-refractivity contribution in [2.75, 3.05) is 0 Å². The fraction of sp³-hybridized carbons (Fsp3) is 0.125. The number of aliphatic hydroxyl groups excluding tert-OH is 1. The van der Waals surface area contributed by atoms with Crippen molar-refractivity contribution in [1.82, 2.24) is 14.8 Å². The predicted octanol–water partition coefficient (Wildman–Crippen LogP) is 2.68. The van der Waals surface area contributed by atoms with Crippen LogP contribution in [-0.4, -0.2) is 19.9 Å². The molecule has 100 valence electrons. The van der Waals surface area contributed by atoms with Crippen molar-refractivity contribution >= 4 is 0 Å². The van der Waals surface area contributed by atoms with E-state index in [1.807, 2.05) is 42.5 Å². The summed E-state index contributed by atoms with van der Waals surface area (Å²) in [6.45, 7) is 0.407. The van der Waals surface area contributed by atoms with Crippen LogP contribution in [-0.2, 0) is 6.54 Å². The van der Waals surface area contributed by atoms with E-state index in [1.54, 1.807) is 11.0 Å². The van der Waals surface area contributed by atoms with E-state index < -0.39 is 6.10 Å². The van der Waals surface area contributed by atoms with Gasteiger partial charge in [0.05, 0.1) is 12.6 Å². The molecule has 1 unspecified atom stereocenters. The lowest BCUT2D eigenvalue weighted by Crippen LogP contribution is -2.08. The standard InChI is InChI=1S/C16H15N3O/c20-16(10-19-12-17-11-18-19)15-8-6-14(7-9-15)13-4-2-1-3-5-13/h1-9,11-12,16,20H,10H2. The van der Waals surface area contributed by atoms with Crippen molar-refractivity contribution in [2.24, 2.45) is 0 Å². The zero-order valence-corrected chi connectivity index (χ0v) is 10.9. The summed E-state index contributed by atoms with van der Waals surface area (Å²) >= 11 is 0.